The number of carbonyl (C=O) groups excluding carboxylic acids is 1. The molecule has 6 nitrogen and oxygen atoms in total. The molecule has 1 heterocycles. The Kier molecular flexibility index (Phi) is 5.00. The van der Waals surface area contributed by atoms with Gasteiger partial charge in [-0.3, -0.25) is 4.79 Å². The molecule has 1 aliphatic heterocycles. The van der Waals surface area contributed by atoms with E-state index < -0.39 is 0 Å². The summed E-state index contributed by atoms with van der Waals surface area (Å²) >= 11 is 0. The van der Waals surface area contributed by atoms with Crippen molar-refractivity contribution in [2.75, 3.05) is 41.3 Å². The molecule has 0 saturated heterocycles. The van der Waals surface area contributed by atoms with Crippen molar-refractivity contribution in [2.45, 2.75) is 0 Å². The minimum Gasteiger partial charge on any atom is -0.349 e. The van der Waals surface area contributed by atoms with Gasteiger partial charge in [0.05, 0.1) is 51.7 Å². The first-order valence-electron chi connectivity index (χ1n) is 6.07. The zero-order valence-electron chi connectivity index (χ0n) is 11.9. The third-order valence-corrected chi connectivity index (χ3v) is 2.69. The van der Waals surface area contributed by atoms with Gasteiger partial charge in [0.15, 0.2) is 0 Å². The van der Waals surface area contributed by atoms with Gasteiger partial charge in [-0.15, -0.1) is 4.91 Å². The van der Waals surface area contributed by atoms with Gasteiger partial charge < -0.3 is 14.7 Å². The molecular formula is C13H21N4O2+. The maximum atomic E-state index is 11.9. The van der Waals surface area contributed by atoms with Gasteiger partial charge in [0, 0.05) is 13.2 Å². The van der Waals surface area contributed by atoms with Crippen molar-refractivity contribution < 1.29 is 9.28 Å². The normalized spacial score (nSPS) is 17.4. The maximum absolute atomic E-state index is 11.9. The third kappa shape index (κ3) is 5.05. The van der Waals surface area contributed by atoms with E-state index in [1.807, 2.05) is 0 Å². The van der Waals surface area contributed by atoms with Crippen LogP contribution in [-0.4, -0.2) is 56.6 Å². The Bertz CT molecular complexity index is 444. The van der Waals surface area contributed by atoms with Crippen molar-refractivity contribution in [1.82, 2.24) is 10.2 Å². The quantitative estimate of drug-likeness (QED) is 0.591. The Morgan fingerprint density at radius 3 is 2.63 bits per heavy atom. The smallest absolute Gasteiger partial charge is 0.252 e. The molecule has 0 aromatic heterocycles. The zero-order valence-corrected chi connectivity index (χ0v) is 11.9. The van der Waals surface area contributed by atoms with E-state index in [0.29, 0.717) is 17.8 Å². The second kappa shape index (κ2) is 6.29. The molecular weight excluding hydrogens is 244 g/mol. The molecule has 0 atom stereocenters. The van der Waals surface area contributed by atoms with Crippen molar-refractivity contribution in [3.63, 3.8) is 0 Å². The number of amides is 1. The van der Waals surface area contributed by atoms with E-state index in [0.717, 1.165) is 11.0 Å². The standard InChI is InChI=1S/C13H20N4O2/c1-16-10-11(5-6-12(16)9-15-19)13(18)14-7-8-17(2,3)4/h5-6,9-10H,7-8H2,1-4H3/p+1/b12-9-. The van der Waals surface area contributed by atoms with Crippen molar-refractivity contribution in [2.24, 2.45) is 5.18 Å². The van der Waals surface area contributed by atoms with Crippen molar-refractivity contribution in [1.29, 1.82) is 0 Å². The second-order valence-electron chi connectivity index (χ2n) is 5.46. The molecule has 6 heteroatoms. The maximum Gasteiger partial charge on any atom is 0.252 e. The summed E-state index contributed by atoms with van der Waals surface area (Å²) in [6, 6.07) is 0. The van der Waals surface area contributed by atoms with E-state index in [1.54, 1.807) is 30.3 Å². The van der Waals surface area contributed by atoms with E-state index in [2.05, 4.69) is 31.6 Å². The predicted molar refractivity (Wildman–Crippen MR) is 74.8 cm³/mol. The van der Waals surface area contributed by atoms with Gasteiger partial charge in [-0.05, 0) is 17.3 Å². The predicted octanol–water partition coefficient (Wildman–Crippen LogP) is 0.802. The Morgan fingerprint density at radius 1 is 1.42 bits per heavy atom. The monoisotopic (exact) mass is 265 g/mol. The summed E-state index contributed by atoms with van der Waals surface area (Å²) in [6.45, 7) is 1.48. The van der Waals surface area contributed by atoms with Gasteiger partial charge in [0.2, 0.25) is 0 Å². The van der Waals surface area contributed by atoms with Crippen molar-refractivity contribution in [3.05, 3.63) is 40.7 Å². The molecule has 0 bridgehead atoms. The summed E-state index contributed by atoms with van der Waals surface area (Å²) in [4.78, 5) is 23.8. The van der Waals surface area contributed by atoms with Gasteiger partial charge in [-0.2, -0.15) is 0 Å². The van der Waals surface area contributed by atoms with Gasteiger partial charge in [0.1, 0.15) is 0 Å². The minimum atomic E-state index is -0.116. The lowest BCUT2D eigenvalue weighted by Gasteiger charge is -2.24. The Balaban J connectivity index is 2.56. The molecule has 0 saturated carbocycles. The Morgan fingerprint density at radius 2 is 2.11 bits per heavy atom. The summed E-state index contributed by atoms with van der Waals surface area (Å²) in [7, 11) is 7.98. The molecule has 1 amide bonds. The summed E-state index contributed by atoms with van der Waals surface area (Å²) in [5, 5.41) is 5.59. The molecule has 1 N–H and O–H groups in total. The minimum absolute atomic E-state index is 0.116. The fourth-order valence-corrected chi connectivity index (χ4v) is 1.55. The highest BCUT2D eigenvalue weighted by molar-refractivity contribution is 5.96. The van der Waals surface area contributed by atoms with Crippen LogP contribution in [0.3, 0.4) is 0 Å². The van der Waals surface area contributed by atoms with Crippen LogP contribution in [-0.2, 0) is 4.79 Å². The topological polar surface area (TPSA) is 61.8 Å². The van der Waals surface area contributed by atoms with Crippen LogP contribution < -0.4 is 5.32 Å². The second-order valence-corrected chi connectivity index (χ2v) is 5.46. The summed E-state index contributed by atoms with van der Waals surface area (Å²) in [5.41, 5.74) is 1.21. The van der Waals surface area contributed by atoms with E-state index in [-0.39, 0.29) is 5.91 Å². The van der Waals surface area contributed by atoms with Crippen LogP contribution in [0.4, 0.5) is 0 Å². The van der Waals surface area contributed by atoms with Crippen LogP contribution in [0.2, 0.25) is 0 Å². The SMILES string of the molecule is CN1C=C(C(=O)NCC[N+](C)(C)C)C=C/C1=C/N=O. The summed E-state index contributed by atoms with van der Waals surface area (Å²) < 4.78 is 0.799. The highest BCUT2D eigenvalue weighted by atomic mass is 16.2. The van der Waals surface area contributed by atoms with E-state index >= 15 is 0 Å². The molecule has 0 unspecified atom stereocenters. The average molecular weight is 265 g/mol. The number of allylic oxidation sites excluding steroid dienone is 1. The fourth-order valence-electron chi connectivity index (χ4n) is 1.55. The van der Waals surface area contributed by atoms with Gasteiger partial charge in [-0.25, -0.2) is 0 Å². The number of carbonyl (C=O) groups is 1. The lowest BCUT2D eigenvalue weighted by molar-refractivity contribution is -0.869. The zero-order chi connectivity index (χ0) is 14.5. The lowest BCUT2D eigenvalue weighted by atomic mass is 10.1. The van der Waals surface area contributed by atoms with Crippen LogP contribution in [0.25, 0.3) is 0 Å². The summed E-state index contributed by atoms with van der Waals surface area (Å²) in [6.07, 6.45) is 6.26. The Labute approximate surface area is 113 Å². The van der Waals surface area contributed by atoms with Crippen LogP contribution in [0.5, 0.6) is 0 Å². The van der Waals surface area contributed by atoms with Gasteiger partial charge >= 0.3 is 0 Å². The number of likely N-dealkylation sites (N-methyl/N-ethyl adjacent to an activating group) is 2. The first-order valence-corrected chi connectivity index (χ1v) is 6.07. The van der Waals surface area contributed by atoms with Gasteiger partial charge in [0.25, 0.3) is 5.91 Å². The average Bonchev–Trinajstić information content (AvgIpc) is 2.30. The number of hydrogen-bond acceptors (Lipinski definition) is 4. The number of hydrogen-bond donors (Lipinski definition) is 1. The molecule has 0 fully saturated rings. The molecule has 0 aromatic rings. The van der Waals surface area contributed by atoms with E-state index in [9.17, 15) is 9.70 Å². The fraction of sp³-hybridized carbons (Fsp3) is 0.462. The van der Waals surface area contributed by atoms with Crippen LogP contribution in [0.1, 0.15) is 0 Å². The molecule has 0 spiro atoms. The molecule has 1 aliphatic rings. The molecule has 0 radical (unpaired) electrons. The molecule has 0 aliphatic carbocycles. The molecule has 104 valence electrons. The molecule has 1 rings (SSSR count). The number of quaternary nitrogens is 1. The highest BCUT2D eigenvalue weighted by Gasteiger charge is 2.14. The van der Waals surface area contributed by atoms with Crippen LogP contribution in [0.15, 0.2) is 41.0 Å². The number of nitrogens with one attached hydrogen (secondary N) is 1. The van der Waals surface area contributed by atoms with Crippen LogP contribution >= 0.6 is 0 Å². The largest absolute Gasteiger partial charge is 0.349 e. The molecule has 19 heavy (non-hydrogen) atoms. The van der Waals surface area contributed by atoms with Crippen LogP contribution in [0, 0.1) is 4.91 Å². The summed E-state index contributed by atoms with van der Waals surface area (Å²) in [5.74, 6) is -0.116. The van der Waals surface area contributed by atoms with E-state index in [4.69, 9.17) is 0 Å². The number of rotatable bonds is 5. The van der Waals surface area contributed by atoms with E-state index in [1.165, 1.54) is 6.20 Å². The first kappa shape index (κ1) is 15.1. The Hall–Kier alpha value is -1.95. The lowest BCUT2D eigenvalue weighted by Crippen LogP contribution is -2.42. The highest BCUT2D eigenvalue weighted by Crippen LogP contribution is 2.15. The first-order chi connectivity index (χ1) is 8.83. The van der Waals surface area contributed by atoms with Crippen molar-refractivity contribution >= 4 is 5.91 Å². The molecule has 0 aromatic carbocycles. The van der Waals surface area contributed by atoms with Crippen molar-refractivity contribution in [3.8, 4) is 0 Å². The van der Waals surface area contributed by atoms with Gasteiger partial charge in [-0.1, -0.05) is 0 Å². The third-order valence-electron chi connectivity index (χ3n) is 2.69. The number of nitrogens with zero attached hydrogens (tertiary/aromatic N) is 3. The number of nitroso groups, excluding NO2 is 1.